The van der Waals surface area contributed by atoms with Gasteiger partial charge in [0, 0.05) is 43.1 Å². The molecule has 3 aromatic heterocycles. The second-order valence-electron chi connectivity index (χ2n) is 13.4. The molecule has 3 heterocycles. The zero-order chi connectivity index (χ0) is 44.2. The molecule has 0 unspecified atom stereocenters. The number of benzene rings is 3. The average molecular weight is 938 g/mol. The van der Waals surface area contributed by atoms with Gasteiger partial charge in [0.25, 0.3) is 16.7 Å². The number of aryl methyl sites for hydroxylation is 2. The standard InChI is InChI=1S/C15H13BrFNO2.C15H14FNO2.C14H11BrFNO3/c1-8-13(10(3)19)15(20)18(9(2)14(8)16)12-6-4-11(17)5-7-12;1-9-8-10(2)17(15(19)14(9)11(3)18)13-6-4-12(16)5-7-13;1-7-11(14(19)20)13(18)17(8(2)12(7)15)10-5-3-9(16)4-6-10/h4-7H,1-3H3;4-8H,1-3H3;3-6H,1-2H3,(H,19,20). The summed E-state index contributed by atoms with van der Waals surface area (Å²) in [5, 5.41) is 9.18. The fourth-order valence-electron chi connectivity index (χ4n) is 6.51. The molecule has 6 rings (SSSR count). The second kappa shape index (κ2) is 18.8. The van der Waals surface area contributed by atoms with E-state index >= 15 is 0 Å². The van der Waals surface area contributed by atoms with Crippen LogP contribution in [0.25, 0.3) is 17.1 Å². The molecule has 59 heavy (non-hydrogen) atoms. The summed E-state index contributed by atoms with van der Waals surface area (Å²) >= 11 is 6.71. The van der Waals surface area contributed by atoms with Crippen molar-refractivity contribution in [1.29, 1.82) is 0 Å². The van der Waals surface area contributed by atoms with Crippen LogP contribution in [0.15, 0.2) is 102 Å². The quantitative estimate of drug-likeness (QED) is 0.164. The summed E-state index contributed by atoms with van der Waals surface area (Å²) < 4.78 is 44.2. The summed E-state index contributed by atoms with van der Waals surface area (Å²) in [7, 11) is 0. The van der Waals surface area contributed by atoms with Crippen molar-refractivity contribution < 1.29 is 32.7 Å². The Bertz CT molecular complexity index is 2680. The smallest absolute Gasteiger partial charge is 0.341 e. The molecule has 0 spiro atoms. The Morgan fingerprint density at radius 1 is 0.508 bits per heavy atom. The van der Waals surface area contributed by atoms with Gasteiger partial charge in [0.15, 0.2) is 11.6 Å². The molecule has 0 bridgehead atoms. The van der Waals surface area contributed by atoms with E-state index in [0.29, 0.717) is 59.8 Å². The van der Waals surface area contributed by atoms with Crippen LogP contribution in [0.5, 0.6) is 0 Å². The van der Waals surface area contributed by atoms with Crippen LogP contribution >= 0.6 is 31.9 Å². The lowest BCUT2D eigenvalue weighted by Crippen LogP contribution is -2.28. The fourth-order valence-corrected chi connectivity index (χ4v) is 7.26. The summed E-state index contributed by atoms with van der Waals surface area (Å²) in [5.41, 5.74) is 3.72. The number of Topliss-reactive ketones (excluding diaryl/α,β-unsaturated/α-hetero) is 2. The number of nitrogens with zero attached hydrogens (tertiary/aromatic N) is 3. The first kappa shape index (κ1) is 45.8. The van der Waals surface area contributed by atoms with Gasteiger partial charge >= 0.3 is 5.97 Å². The molecule has 0 saturated carbocycles. The van der Waals surface area contributed by atoms with E-state index in [9.17, 15) is 47.0 Å². The van der Waals surface area contributed by atoms with E-state index in [4.69, 9.17) is 0 Å². The molecule has 6 aromatic rings. The maximum Gasteiger partial charge on any atom is 0.341 e. The second-order valence-corrected chi connectivity index (χ2v) is 15.0. The number of carboxylic acids is 1. The van der Waals surface area contributed by atoms with Crippen molar-refractivity contribution in [2.45, 2.75) is 55.4 Å². The number of aromatic carboxylic acids is 1. The molecular formula is C44H38Br2F3N3O7. The van der Waals surface area contributed by atoms with E-state index in [1.165, 1.54) is 100 Å². The molecule has 3 aromatic carbocycles. The minimum Gasteiger partial charge on any atom is -0.477 e. The molecule has 15 heteroatoms. The lowest BCUT2D eigenvalue weighted by atomic mass is 10.1. The van der Waals surface area contributed by atoms with Gasteiger partial charge in [-0.15, -0.1) is 0 Å². The molecule has 0 fully saturated rings. The summed E-state index contributed by atoms with van der Waals surface area (Å²) in [6, 6.07) is 18.3. The van der Waals surface area contributed by atoms with E-state index in [0.717, 1.165) is 0 Å². The lowest BCUT2D eigenvalue weighted by molar-refractivity contribution is 0.0693. The number of rotatable bonds is 6. The molecule has 0 saturated heterocycles. The van der Waals surface area contributed by atoms with Crippen LogP contribution in [0.3, 0.4) is 0 Å². The molecule has 306 valence electrons. The molecular weight excluding hydrogens is 899 g/mol. The first-order valence-corrected chi connectivity index (χ1v) is 19.3. The average Bonchev–Trinajstić information content (AvgIpc) is 3.15. The molecule has 0 radical (unpaired) electrons. The van der Waals surface area contributed by atoms with E-state index in [-0.39, 0.29) is 51.0 Å². The first-order chi connectivity index (χ1) is 27.6. The van der Waals surface area contributed by atoms with Crippen molar-refractivity contribution in [2.75, 3.05) is 0 Å². The third-order valence-corrected chi connectivity index (χ3v) is 11.6. The monoisotopic (exact) mass is 935 g/mol. The predicted octanol–water partition coefficient (Wildman–Crippen LogP) is 9.41. The summed E-state index contributed by atoms with van der Waals surface area (Å²) in [5.74, 6) is -3.01. The van der Waals surface area contributed by atoms with E-state index in [1.54, 1.807) is 47.6 Å². The highest BCUT2D eigenvalue weighted by atomic mass is 79.9. The molecule has 0 aliphatic carbocycles. The Morgan fingerprint density at radius 3 is 1.15 bits per heavy atom. The molecule has 0 aliphatic heterocycles. The van der Waals surface area contributed by atoms with Crippen molar-refractivity contribution in [3.63, 3.8) is 0 Å². The van der Waals surface area contributed by atoms with Crippen molar-refractivity contribution in [3.8, 4) is 17.1 Å². The van der Waals surface area contributed by atoms with Gasteiger partial charge in [-0.05, 0) is 183 Å². The van der Waals surface area contributed by atoms with Crippen molar-refractivity contribution in [1.82, 2.24) is 13.7 Å². The van der Waals surface area contributed by atoms with Crippen molar-refractivity contribution in [3.05, 3.63) is 187 Å². The van der Waals surface area contributed by atoms with E-state index < -0.39 is 17.3 Å². The third kappa shape index (κ3) is 9.69. The van der Waals surface area contributed by atoms with Gasteiger partial charge in [0.2, 0.25) is 0 Å². The molecule has 0 aliphatic rings. The topological polar surface area (TPSA) is 137 Å². The highest BCUT2D eigenvalue weighted by Crippen LogP contribution is 2.26. The van der Waals surface area contributed by atoms with Gasteiger partial charge in [0.1, 0.15) is 23.0 Å². The summed E-state index contributed by atoms with van der Waals surface area (Å²) in [6.45, 7) is 13.0. The highest BCUT2D eigenvalue weighted by molar-refractivity contribution is 9.10. The molecule has 1 N–H and O–H groups in total. The lowest BCUT2D eigenvalue weighted by Gasteiger charge is -2.16. The number of halogens is 5. The summed E-state index contributed by atoms with van der Waals surface area (Å²) in [4.78, 5) is 71.8. The van der Waals surface area contributed by atoms with Gasteiger partial charge in [-0.25, -0.2) is 18.0 Å². The Kier molecular flexibility index (Phi) is 14.6. The summed E-state index contributed by atoms with van der Waals surface area (Å²) in [6.07, 6.45) is 0. The number of pyridine rings is 3. The zero-order valence-corrected chi connectivity index (χ0v) is 36.3. The van der Waals surface area contributed by atoms with E-state index in [1.807, 2.05) is 0 Å². The number of carbonyl (C=O) groups excluding carboxylic acids is 2. The Balaban J connectivity index is 0.000000196. The Labute approximate surface area is 353 Å². The number of ketones is 2. The van der Waals surface area contributed by atoms with Crippen LogP contribution in [0.2, 0.25) is 0 Å². The normalized spacial score (nSPS) is 10.6. The number of aromatic nitrogens is 3. The number of hydrogen-bond donors (Lipinski definition) is 1. The molecule has 0 amide bonds. The van der Waals surface area contributed by atoms with Gasteiger partial charge in [0.05, 0.1) is 11.1 Å². The third-order valence-electron chi connectivity index (χ3n) is 9.31. The van der Waals surface area contributed by atoms with Crippen molar-refractivity contribution >= 4 is 49.4 Å². The van der Waals surface area contributed by atoms with E-state index in [2.05, 4.69) is 31.9 Å². The minimum absolute atomic E-state index is 0.145. The van der Waals surface area contributed by atoms with Crippen LogP contribution in [-0.4, -0.2) is 36.3 Å². The van der Waals surface area contributed by atoms with Crippen LogP contribution in [0.4, 0.5) is 13.2 Å². The predicted molar refractivity (Wildman–Crippen MR) is 227 cm³/mol. The fraction of sp³-hybridized carbons (Fsp3) is 0.182. The number of hydrogen-bond acceptors (Lipinski definition) is 6. The maximum absolute atomic E-state index is 13.0. The minimum atomic E-state index is -1.29. The number of carboxylic acid groups (broad SMARTS) is 1. The van der Waals surface area contributed by atoms with Crippen LogP contribution in [0, 0.1) is 59.0 Å². The first-order valence-electron chi connectivity index (χ1n) is 17.7. The molecule has 10 nitrogen and oxygen atoms in total. The molecule has 0 atom stereocenters. The van der Waals surface area contributed by atoms with Gasteiger partial charge in [-0.3, -0.25) is 37.7 Å². The zero-order valence-electron chi connectivity index (χ0n) is 33.1. The highest BCUT2D eigenvalue weighted by Gasteiger charge is 2.22. The van der Waals surface area contributed by atoms with Crippen LogP contribution in [0.1, 0.15) is 78.7 Å². The Morgan fingerprint density at radius 2 is 0.814 bits per heavy atom. The van der Waals surface area contributed by atoms with Gasteiger partial charge < -0.3 is 5.11 Å². The maximum atomic E-state index is 13.0. The largest absolute Gasteiger partial charge is 0.477 e. The SMILES string of the molecule is CC(=O)c1c(C)c(Br)c(C)n(-c2ccc(F)cc2)c1=O.CC(=O)c1c(C)cc(C)n(-c2ccc(F)cc2)c1=O.Cc1c(Br)c(C)n(-c2ccc(F)cc2)c(=O)c1C(=O)O. The van der Waals surface area contributed by atoms with Crippen LogP contribution in [-0.2, 0) is 0 Å². The Hall–Kier alpha value is -5.93. The van der Waals surface area contributed by atoms with Gasteiger partial charge in [-0.1, -0.05) is 0 Å². The number of carbonyl (C=O) groups is 3. The van der Waals surface area contributed by atoms with Crippen LogP contribution < -0.4 is 16.7 Å². The van der Waals surface area contributed by atoms with Gasteiger partial charge in [-0.2, -0.15) is 0 Å². The van der Waals surface area contributed by atoms with Crippen molar-refractivity contribution in [2.24, 2.45) is 0 Å².